The topological polar surface area (TPSA) is 112 Å². The van der Waals surface area contributed by atoms with Crippen molar-refractivity contribution in [2.45, 2.75) is 197 Å². The van der Waals surface area contributed by atoms with E-state index in [4.69, 9.17) is 42.6 Å². The Hall–Kier alpha value is -1.15. The van der Waals surface area contributed by atoms with Crippen LogP contribution < -0.4 is 5.32 Å². The second-order valence-electron chi connectivity index (χ2n) is 17.1. The summed E-state index contributed by atoms with van der Waals surface area (Å²) >= 11 is 0. The molecular formula is C43H77NO10. The van der Waals surface area contributed by atoms with Crippen molar-refractivity contribution in [3.63, 3.8) is 0 Å². The molecule has 6 bridgehead atoms. The Morgan fingerprint density at radius 2 is 1.20 bits per heavy atom. The van der Waals surface area contributed by atoms with Gasteiger partial charge in [-0.15, -0.1) is 0 Å². The molecule has 11 atom stereocenters. The first-order valence-electron chi connectivity index (χ1n) is 21.3. The van der Waals surface area contributed by atoms with Crippen molar-refractivity contribution in [3.05, 3.63) is 12.7 Å². The Balaban J connectivity index is 1.56. The van der Waals surface area contributed by atoms with Gasteiger partial charge in [0.2, 0.25) is 5.91 Å². The van der Waals surface area contributed by atoms with Crippen molar-refractivity contribution >= 4 is 5.91 Å². The number of methoxy groups -OCH3 is 4. The normalized spacial score (nSPS) is 38.4. The van der Waals surface area contributed by atoms with Crippen molar-refractivity contribution in [2.24, 2.45) is 5.41 Å². The molecule has 0 aromatic rings. The summed E-state index contributed by atoms with van der Waals surface area (Å²) in [7, 11) is 6.75. The first kappa shape index (κ1) is 45.6. The van der Waals surface area contributed by atoms with Crippen molar-refractivity contribution in [2.75, 3.05) is 54.8 Å². The van der Waals surface area contributed by atoms with Crippen LogP contribution >= 0.6 is 0 Å². The van der Waals surface area contributed by atoms with E-state index in [9.17, 15) is 4.79 Å². The van der Waals surface area contributed by atoms with Crippen LogP contribution in [0.1, 0.15) is 130 Å². The molecule has 1 amide bonds. The zero-order valence-electron chi connectivity index (χ0n) is 35.0. The Kier molecular flexibility index (Phi) is 19.7. The van der Waals surface area contributed by atoms with Crippen LogP contribution in [0.3, 0.4) is 0 Å². The quantitative estimate of drug-likeness (QED) is 0.257. The summed E-state index contributed by atoms with van der Waals surface area (Å²) in [6, 6.07) is 0. The molecule has 6 heterocycles. The predicted molar refractivity (Wildman–Crippen MR) is 210 cm³/mol. The molecule has 6 aliphatic heterocycles. The van der Waals surface area contributed by atoms with Crippen molar-refractivity contribution in [3.8, 4) is 0 Å². The molecule has 54 heavy (non-hydrogen) atoms. The lowest BCUT2D eigenvalue weighted by molar-refractivity contribution is -0.315. The maximum Gasteiger partial charge on any atom is 0.243 e. The SMILES string of the molecule is C=CC(=O)NCC1OC2C(OC)C(OC)C1OCCCCCCCCCCCCCCCCCCC1(C)COC3C(OC)C(OC2(C)C)C(COC)OC31. The smallest absolute Gasteiger partial charge is 0.243 e. The van der Waals surface area contributed by atoms with Crippen LogP contribution in [0.25, 0.3) is 0 Å². The molecule has 6 saturated heterocycles. The van der Waals surface area contributed by atoms with Crippen LogP contribution in [-0.4, -0.2) is 127 Å². The number of rotatable bonds is 8. The third-order valence-corrected chi connectivity index (χ3v) is 12.4. The number of carbonyl (C=O) groups is 1. The van der Waals surface area contributed by atoms with Crippen LogP contribution in [-0.2, 0) is 47.4 Å². The van der Waals surface area contributed by atoms with E-state index in [0.717, 1.165) is 25.7 Å². The highest BCUT2D eigenvalue weighted by molar-refractivity contribution is 5.86. The largest absolute Gasteiger partial charge is 0.382 e. The molecular weight excluding hydrogens is 690 g/mol. The zero-order valence-corrected chi connectivity index (χ0v) is 35.0. The summed E-state index contributed by atoms with van der Waals surface area (Å²) < 4.78 is 58.4. The van der Waals surface area contributed by atoms with Crippen LogP contribution in [0.5, 0.6) is 0 Å². The second kappa shape index (κ2) is 23.3. The lowest BCUT2D eigenvalue weighted by Crippen LogP contribution is -2.69. The lowest BCUT2D eigenvalue weighted by atomic mass is 9.76. The maximum absolute atomic E-state index is 12.4. The Morgan fingerprint density at radius 1 is 0.667 bits per heavy atom. The molecule has 6 rings (SSSR count). The van der Waals surface area contributed by atoms with E-state index in [1.54, 1.807) is 28.4 Å². The molecule has 0 aromatic carbocycles. The molecule has 11 nitrogen and oxygen atoms in total. The molecule has 1 N–H and O–H groups in total. The van der Waals surface area contributed by atoms with Gasteiger partial charge in [-0.25, -0.2) is 0 Å². The van der Waals surface area contributed by atoms with Gasteiger partial charge in [-0.2, -0.15) is 0 Å². The van der Waals surface area contributed by atoms with Gasteiger partial charge in [-0.3, -0.25) is 4.79 Å². The number of ether oxygens (including phenoxy) is 9. The molecule has 0 spiro atoms. The molecule has 11 heteroatoms. The minimum atomic E-state index is -0.935. The van der Waals surface area contributed by atoms with Gasteiger partial charge in [0.05, 0.1) is 24.9 Å². The molecule has 6 fully saturated rings. The van der Waals surface area contributed by atoms with E-state index in [-0.39, 0.29) is 30.1 Å². The van der Waals surface area contributed by atoms with Crippen LogP contribution in [0, 0.1) is 5.41 Å². The lowest BCUT2D eigenvalue weighted by Gasteiger charge is -2.53. The van der Waals surface area contributed by atoms with Crippen LogP contribution in [0.15, 0.2) is 12.7 Å². The number of amides is 1. The molecule has 0 saturated carbocycles. The summed E-state index contributed by atoms with van der Waals surface area (Å²) in [5.74, 6) is -0.279. The van der Waals surface area contributed by atoms with Gasteiger partial charge in [-0.1, -0.05) is 110 Å². The summed E-state index contributed by atoms with van der Waals surface area (Å²) in [5.41, 5.74) is -1.07. The molecule has 6 aliphatic rings. The van der Waals surface area contributed by atoms with E-state index >= 15 is 0 Å². The molecule has 0 aromatic heterocycles. The maximum atomic E-state index is 12.4. The number of hydrogen-bond donors (Lipinski definition) is 1. The van der Waals surface area contributed by atoms with Gasteiger partial charge in [-0.05, 0) is 32.8 Å². The number of fused-ring (bicyclic) bond motifs is 2. The first-order chi connectivity index (χ1) is 26.1. The standard InChI is InChI=1S/C43H77NO10/c1-9-33(45)44-28-31-34-36(47-6)38(49-8)40(52-31)42(2,3)54-35-32(29-46-5)53-41-39(37(35)48-7)51-30-43(41,4)26-24-22-20-18-16-14-12-10-11-13-15-17-19-21-23-25-27-50-34/h9,31-32,34-41H,1,10-30H2,2-8H3,(H,44,45). The van der Waals surface area contributed by atoms with Gasteiger partial charge in [0.1, 0.15) is 54.9 Å². The van der Waals surface area contributed by atoms with Gasteiger partial charge >= 0.3 is 0 Å². The molecule has 11 unspecified atom stereocenters. The predicted octanol–water partition coefficient (Wildman–Crippen LogP) is 7.11. The minimum absolute atomic E-state index is 0.133. The summed E-state index contributed by atoms with van der Waals surface area (Å²) in [5, 5.41) is 2.93. The monoisotopic (exact) mass is 768 g/mol. The zero-order chi connectivity index (χ0) is 39.0. The average Bonchev–Trinajstić information content (AvgIpc) is 3.49. The summed E-state index contributed by atoms with van der Waals surface area (Å²) in [6.45, 7) is 11.7. The third-order valence-electron chi connectivity index (χ3n) is 12.4. The Morgan fingerprint density at radius 3 is 1.74 bits per heavy atom. The first-order valence-corrected chi connectivity index (χ1v) is 21.3. The Labute approximate surface area is 327 Å². The van der Waals surface area contributed by atoms with Crippen LogP contribution in [0.4, 0.5) is 0 Å². The molecule has 314 valence electrons. The van der Waals surface area contributed by atoms with E-state index in [1.807, 2.05) is 13.8 Å². The Bertz CT molecular complexity index is 1080. The van der Waals surface area contributed by atoms with Crippen molar-refractivity contribution < 1.29 is 47.4 Å². The number of carbonyl (C=O) groups excluding carboxylic acids is 1. The fourth-order valence-corrected chi connectivity index (χ4v) is 9.33. The van der Waals surface area contributed by atoms with Gasteiger partial charge in [0, 0.05) is 47.0 Å². The highest BCUT2D eigenvalue weighted by atomic mass is 16.7. The van der Waals surface area contributed by atoms with Crippen LogP contribution in [0.2, 0.25) is 0 Å². The highest BCUT2D eigenvalue weighted by Gasteiger charge is 2.60. The minimum Gasteiger partial charge on any atom is -0.382 e. The highest BCUT2D eigenvalue weighted by Crippen LogP contribution is 2.47. The van der Waals surface area contributed by atoms with E-state index < -0.39 is 54.4 Å². The third kappa shape index (κ3) is 12.4. The van der Waals surface area contributed by atoms with E-state index in [0.29, 0.717) is 19.8 Å². The number of nitrogens with one attached hydrogen (secondary N) is 1. The summed E-state index contributed by atoms with van der Waals surface area (Å²) in [6.07, 6.45) is 18.2. The van der Waals surface area contributed by atoms with E-state index in [2.05, 4.69) is 18.8 Å². The second-order valence-corrected chi connectivity index (χ2v) is 17.1. The van der Waals surface area contributed by atoms with Gasteiger partial charge in [0.25, 0.3) is 0 Å². The van der Waals surface area contributed by atoms with E-state index in [1.165, 1.54) is 89.5 Å². The van der Waals surface area contributed by atoms with Gasteiger partial charge < -0.3 is 47.9 Å². The average molecular weight is 768 g/mol. The fraction of sp³-hybridized carbons (Fsp3) is 0.930. The number of hydrogen-bond acceptors (Lipinski definition) is 10. The molecule has 0 aliphatic carbocycles. The summed E-state index contributed by atoms with van der Waals surface area (Å²) in [4.78, 5) is 12.4. The van der Waals surface area contributed by atoms with Crippen molar-refractivity contribution in [1.82, 2.24) is 5.32 Å². The van der Waals surface area contributed by atoms with Gasteiger partial charge in [0.15, 0.2) is 0 Å². The van der Waals surface area contributed by atoms with Crippen molar-refractivity contribution in [1.29, 1.82) is 0 Å². The molecule has 0 radical (unpaired) electrons. The fourth-order valence-electron chi connectivity index (χ4n) is 9.33.